The molecule has 7 atom stereocenters. The summed E-state index contributed by atoms with van der Waals surface area (Å²) in [6.07, 6.45) is 8.02. The van der Waals surface area contributed by atoms with Crippen molar-refractivity contribution >= 4 is 17.5 Å². The minimum absolute atomic E-state index is 0.0621. The Kier molecular flexibility index (Phi) is 5.52. The van der Waals surface area contributed by atoms with Crippen molar-refractivity contribution in [3.05, 3.63) is 23.3 Å². The second-order valence-electron chi connectivity index (χ2n) is 15.0. The van der Waals surface area contributed by atoms with Crippen molar-refractivity contribution < 1.29 is 24.2 Å². The fraction of sp³-hybridized carbons (Fsp3) is 0.750. The van der Waals surface area contributed by atoms with Gasteiger partial charge in [-0.05, 0) is 73.3 Å². The van der Waals surface area contributed by atoms with Crippen LogP contribution in [0.15, 0.2) is 23.3 Å². The van der Waals surface area contributed by atoms with Gasteiger partial charge in [-0.1, -0.05) is 54.5 Å². The number of carbonyl (C=O) groups excluding carboxylic acids is 3. The molecule has 0 aliphatic heterocycles. The van der Waals surface area contributed by atoms with Crippen LogP contribution < -0.4 is 0 Å². The van der Waals surface area contributed by atoms with Crippen molar-refractivity contribution in [2.45, 2.75) is 99.0 Å². The number of nitrogens with zero attached hydrogens (tertiary/aromatic N) is 1. The summed E-state index contributed by atoms with van der Waals surface area (Å²) in [5.41, 5.74) is -4.44. The maximum absolute atomic E-state index is 14.4. The van der Waals surface area contributed by atoms with Crippen LogP contribution in [0.2, 0.25) is 0 Å². The molecule has 1 unspecified atom stereocenters. The Morgan fingerprint density at radius 2 is 1.63 bits per heavy atom. The molecule has 6 nitrogen and oxygen atoms in total. The fourth-order valence-electron chi connectivity index (χ4n) is 10.2. The number of nitriles is 1. The molecule has 0 bridgehead atoms. The van der Waals surface area contributed by atoms with Gasteiger partial charge in [0.1, 0.15) is 11.7 Å². The van der Waals surface area contributed by atoms with Crippen LogP contribution in [0.5, 0.6) is 0 Å². The molecule has 3 saturated carbocycles. The van der Waals surface area contributed by atoms with Crippen LogP contribution in [0, 0.1) is 55.7 Å². The van der Waals surface area contributed by atoms with Crippen LogP contribution in [0.1, 0.15) is 93.4 Å². The van der Waals surface area contributed by atoms with Gasteiger partial charge in [0.2, 0.25) is 0 Å². The van der Waals surface area contributed by atoms with Crippen molar-refractivity contribution in [1.29, 1.82) is 5.26 Å². The van der Waals surface area contributed by atoms with Crippen LogP contribution >= 0.6 is 0 Å². The van der Waals surface area contributed by atoms with Crippen LogP contribution in [-0.2, 0) is 19.1 Å². The summed E-state index contributed by atoms with van der Waals surface area (Å²) in [6, 6.07) is 2.13. The minimum atomic E-state index is -1.72. The number of allylic oxidation sites excluding steroid dienone is 3. The molecule has 0 saturated heterocycles. The first kappa shape index (κ1) is 27.3. The maximum atomic E-state index is 14.4. The van der Waals surface area contributed by atoms with Gasteiger partial charge in [-0.3, -0.25) is 14.4 Å². The van der Waals surface area contributed by atoms with Gasteiger partial charge in [0.25, 0.3) is 0 Å². The third kappa shape index (κ3) is 2.90. The first-order valence-electron chi connectivity index (χ1n) is 14.2. The molecule has 0 radical (unpaired) electrons. The van der Waals surface area contributed by atoms with Crippen LogP contribution in [0.3, 0.4) is 0 Å². The lowest BCUT2D eigenvalue weighted by Gasteiger charge is -2.71. The Balaban J connectivity index is 1.75. The number of fused-ring (bicyclic) bond motifs is 7. The van der Waals surface area contributed by atoms with E-state index < -0.39 is 38.6 Å². The van der Waals surface area contributed by atoms with Crippen molar-refractivity contribution in [1.82, 2.24) is 0 Å². The first-order valence-corrected chi connectivity index (χ1v) is 14.2. The highest BCUT2D eigenvalue weighted by molar-refractivity contribution is 6.05. The Morgan fingerprint density at radius 3 is 2.24 bits per heavy atom. The second-order valence-corrected chi connectivity index (χ2v) is 15.0. The van der Waals surface area contributed by atoms with E-state index >= 15 is 0 Å². The zero-order chi connectivity index (χ0) is 28.3. The van der Waals surface area contributed by atoms with Gasteiger partial charge in [0.15, 0.2) is 11.6 Å². The predicted octanol–water partition coefficient (Wildman–Crippen LogP) is 5.49. The third-order valence-corrected chi connectivity index (χ3v) is 12.6. The maximum Gasteiger partial charge on any atom is 0.312 e. The molecule has 0 heterocycles. The van der Waals surface area contributed by atoms with E-state index in [1.54, 1.807) is 12.2 Å². The second kappa shape index (κ2) is 7.68. The van der Waals surface area contributed by atoms with Gasteiger partial charge in [-0.2, -0.15) is 5.26 Å². The van der Waals surface area contributed by atoms with Crippen molar-refractivity contribution in [3.8, 4) is 6.07 Å². The van der Waals surface area contributed by atoms with Crippen molar-refractivity contribution in [3.63, 3.8) is 0 Å². The molecule has 0 aromatic rings. The van der Waals surface area contributed by atoms with E-state index in [0.717, 1.165) is 24.8 Å². The minimum Gasteiger partial charge on any atom is -0.469 e. The Morgan fingerprint density at radius 1 is 1.00 bits per heavy atom. The van der Waals surface area contributed by atoms with Crippen LogP contribution in [0.25, 0.3) is 0 Å². The molecule has 0 aromatic heterocycles. The summed E-state index contributed by atoms with van der Waals surface area (Å²) in [5.74, 6) is -1.40. The van der Waals surface area contributed by atoms with Gasteiger partial charge in [0, 0.05) is 22.2 Å². The average molecular weight is 522 g/mol. The Labute approximate surface area is 226 Å². The number of ketones is 2. The molecule has 1 N–H and O–H groups in total. The SMILES string of the molecule is COC(=O)[C@]12CCC(C)(C)CC1[C@@]1(O)C(=O)C=C3[C@@]4(C)C=C(C#N)C(=O)C(C)(C)[C@@H]4CC[C@@]3(C)[C@]1(C)CC2. The number of carbonyl (C=O) groups is 3. The number of hydrogen-bond donors (Lipinski definition) is 1. The zero-order valence-corrected chi connectivity index (χ0v) is 24.3. The van der Waals surface area contributed by atoms with Crippen molar-refractivity contribution in [2.75, 3.05) is 7.11 Å². The predicted molar refractivity (Wildman–Crippen MR) is 142 cm³/mol. The normalized spacial score (nSPS) is 46.7. The van der Waals surface area contributed by atoms with E-state index in [4.69, 9.17) is 4.74 Å². The average Bonchev–Trinajstić information content (AvgIpc) is 2.85. The molecule has 5 aliphatic carbocycles. The van der Waals surface area contributed by atoms with Gasteiger partial charge < -0.3 is 9.84 Å². The number of methoxy groups -OCH3 is 1. The van der Waals surface area contributed by atoms with E-state index in [0.29, 0.717) is 25.7 Å². The summed E-state index contributed by atoms with van der Waals surface area (Å²) in [6.45, 7) is 14.4. The quantitative estimate of drug-likeness (QED) is 0.457. The molecule has 38 heavy (non-hydrogen) atoms. The summed E-state index contributed by atoms with van der Waals surface area (Å²) in [4.78, 5) is 41.0. The lowest BCUT2D eigenvalue weighted by atomic mass is 9.33. The van der Waals surface area contributed by atoms with Gasteiger partial charge in [0.05, 0.1) is 18.1 Å². The monoisotopic (exact) mass is 521 g/mol. The lowest BCUT2D eigenvalue weighted by molar-refractivity contribution is -0.248. The topological polar surface area (TPSA) is 104 Å². The van der Waals surface area contributed by atoms with Gasteiger partial charge in [-0.15, -0.1) is 0 Å². The Hall–Kier alpha value is -2.26. The third-order valence-electron chi connectivity index (χ3n) is 12.6. The molecule has 6 heteroatoms. The summed E-state index contributed by atoms with van der Waals surface area (Å²) >= 11 is 0. The van der Waals surface area contributed by atoms with E-state index in [2.05, 4.69) is 40.7 Å². The first-order chi connectivity index (χ1) is 17.4. The lowest BCUT2D eigenvalue weighted by Crippen LogP contribution is -2.75. The van der Waals surface area contributed by atoms with Gasteiger partial charge in [-0.25, -0.2) is 0 Å². The van der Waals surface area contributed by atoms with E-state index in [-0.39, 0.29) is 34.4 Å². The standard InChI is InChI=1S/C32H43NO5/c1-26(2)11-13-31(25(36)38-8)14-12-30(7)29(6)10-9-20-27(3,4)24(35)19(18-33)16-28(20,5)21(29)15-23(34)32(30,37)22(31)17-26/h15-16,20,22,37H,9-14,17H2,1-8H3/t20-,22?,28-,29+,30-,31-,32+/m0/s1. The number of Topliss-reactive ketones (excluding diaryl/α,β-unsaturated/α-hetero) is 1. The molecular weight excluding hydrogens is 478 g/mol. The van der Waals surface area contributed by atoms with E-state index in [9.17, 15) is 24.8 Å². The molecule has 3 fully saturated rings. The van der Waals surface area contributed by atoms with E-state index in [1.165, 1.54) is 7.11 Å². The van der Waals surface area contributed by atoms with E-state index in [1.807, 2.05) is 13.8 Å². The summed E-state index contributed by atoms with van der Waals surface area (Å²) < 4.78 is 5.34. The zero-order valence-electron chi connectivity index (χ0n) is 24.3. The summed E-state index contributed by atoms with van der Waals surface area (Å²) in [7, 11) is 1.40. The molecule has 0 spiro atoms. The highest BCUT2D eigenvalue weighted by Gasteiger charge is 2.77. The van der Waals surface area contributed by atoms with Crippen LogP contribution in [0.4, 0.5) is 0 Å². The van der Waals surface area contributed by atoms with Crippen LogP contribution in [-0.4, -0.2) is 35.4 Å². The van der Waals surface area contributed by atoms with Gasteiger partial charge >= 0.3 is 5.97 Å². The molecular formula is C32H43NO5. The summed E-state index contributed by atoms with van der Waals surface area (Å²) in [5, 5.41) is 22.7. The number of aliphatic hydroxyl groups is 1. The molecule has 206 valence electrons. The molecule has 0 amide bonds. The number of esters is 1. The highest BCUT2D eigenvalue weighted by Crippen LogP contribution is 2.75. The fourth-order valence-corrected chi connectivity index (χ4v) is 10.2. The number of hydrogen-bond acceptors (Lipinski definition) is 6. The molecule has 5 aliphatic rings. The largest absolute Gasteiger partial charge is 0.469 e. The molecule has 5 rings (SSSR count). The highest BCUT2D eigenvalue weighted by atomic mass is 16.5. The van der Waals surface area contributed by atoms with Crippen molar-refractivity contribution in [2.24, 2.45) is 44.3 Å². The number of ether oxygens (including phenoxy) is 1. The smallest absolute Gasteiger partial charge is 0.312 e. The number of rotatable bonds is 1. The molecule has 0 aromatic carbocycles. The Bertz CT molecular complexity index is 1250.